The zero-order valence-electron chi connectivity index (χ0n) is 15.5. The molecule has 0 aliphatic carbocycles. The lowest BCUT2D eigenvalue weighted by molar-refractivity contribution is -0.138. The molecule has 1 unspecified atom stereocenters. The van der Waals surface area contributed by atoms with E-state index in [1.165, 1.54) is 0 Å². The summed E-state index contributed by atoms with van der Waals surface area (Å²) in [6.45, 7) is 8.53. The number of benzene rings is 1. The predicted octanol–water partition coefficient (Wildman–Crippen LogP) is 3.86. The lowest BCUT2D eigenvalue weighted by Crippen LogP contribution is -2.45. The molecular formula is C17H27F4IN4. The molecule has 0 spiro atoms. The number of aliphatic imine (C=N–C) groups is 1. The number of nitrogens with zero attached hydrogens (tertiary/aromatic N) is 2. The molecule has 0 saturated carbocycles. The third-order valence-electron chi connectivity index (χ3n) is 4.05. The minimum Gasteiger partial charge on any atom is -0.355 e. The van der Waals surface area contributed by atoms with Crippen LogP contribution in [-0.2, 0) is 12.7 Å². The van der Waals surface area contributed by atoms with Gasteiger partial charge in [-0.25, -0.2) is 4.39 Å². The molecule has 4 nitrogen and oxygen atoms in total. The van der Waals surface area contributed by atoms with Crippen molar-refractivity contribution in [3.8, 4) is 0 Å². The maximum atomic E-state index is 13.1. The minimum atomic E-state index is -4.60. The van der Waals surface area contributed by atoms with Gasteiger partial charge in [-0.2, -0.15) is 13.2 Å². The van der Waals surface area contributed by atoms with Gasteiger partial charge in [0.15, 0.2) is 5.96 Å². The number of rotatable bonds is 7. The lowest BCUT2D eigenvalue weighted by Gasteiger charge is -2.27. The van der Waals surface area contributed by atoms with E-state index < -0.39 is 17.6 Å². The van der Waals surface area contributed by atoms with Gasteiger partial charge in [-0.15, -0.1) is 24.0 Å². The van der Waals surface area contributed by atoms with Crippen molar-refractivity contribution in [1.29, 1.82) is 0 Å². The largest absolute Gasteiger partial charge is 0.416 e. The molecule has 0 bridgehead atoms. The highest BCUT2D eigenvalue weighted by atomic mass is 127. The van der Waals surface area contributed by atoms with Gasteiger partial charge in [0.2, 0.25) is 0 Å². The van der Waals surface area contributed by atoms with E-state index in [0.717, 1.165) is 25.2 Å². The van der Waals surface area contributed by atoms with E-state index in [9.17, 15) is 17.6 Å². The molecule has 2 N–H and O–H groups in total. The molecular weight excluding hydrogens is 463 g/mol. The molecule has 9 heteroatoms. The Hall–Kier alpha value is -1.10. The molecule has 0 aliphatic heterocycles. The van der Waals surface area contributed by atoms with Crippen molar-refractivity contribution in [1.82, 2.24) is 15.5 Å². The maximum absolute atomic E-state index is 13.1. The fraction of sp³-hybridized carbons (Fsp3) is 0.588. The zero-order chi connectivity index (χ0) is 19.0. The van der Waals surface area contributed by atoms with E-state index in [1.807, 2.05) is 0 Å². The van der Waals surface area contributed by atoms with Crippen LogP contribution < -0.4 is 10.6 Å². The summed E-state index contributed by atoms with van der Waals surface area (Å²) in [5.74, 6) is -0.511. The number of nitrogens with one attached hydrogen (secondary N) is 2. The topological polar surface area (TPSA) is 39.7 Å². The van der Waals surface area contributed by atoms with E-state index in [4.69, 9.17) is 0 Å². The second kappa shape index (κ2) is 11.6. The Morgan fingerprint density at radius 1 is 1.19 bits per heavy atom. The van der Waals surface area contributed by atoms with E-state index >= 15 is 0 Å². The number of halogens is 5. The molecule has 0 heterocycles. The first-order valence-electron chi connectivity index (χ1n) is 8.27. The van der Waals surface area contributed by atoms with E-state index in [1.54, 1.807) is 7.05 Å². The van der Waals surface area contributed by atoms with Crippen LogP contribution in [0.5, 0.6) is 0 Å². The maximum Gasteiger partial charge on any atom is 0.416 e. The van der Waals surface area contributed by atoms with Crippen molar-refractivity contribution in [2.24, 2.45) is 4.99 Å². The lowest BCUT2D eigenvalue weighted by atomic mass is 10.1. The molecule has 0 radical (unpaired) electrons. The third kappa shape index (κ3) is 7.65. The van der Waals surface area contributed by atoms with Crippen LogP contribution in [0.4, 0.5) is 17.6 Å². The highest BCUT2D eigenvalue weighted by Gasteiger charge is 2.33. The van der Waals surface area contributed by atoms with Gasteiger partial charge >= 0.3 is 6.18 Å². The van der Waals surface area contributed by atoms with Gasteiger partial charge in [-0.05, 0) is 37.7 Å². The first kappa shape index (κ1) is 24.9. The molecule has 0 saturated heterocycles. The van der Waals surface area contributed by atoms with Crippen LogP contribution in [0.3, 0.4) is 0 Å². The fourth-order valence-electron chi connectivity index (χ4n) is 2.59. The van der Waals surface area contributed by atoms with Gasteiger partial charge in [0.05, 0.1) is 5.56 Å². The van der Waals surface area contributed by atoms with Gasteiger partial charge in [-0.1, -0.05) is 19.9 Å². The minimum absolute atomic E-state index is 0. The van der Waals surface area contributed by atoms with E-state index in [2.05, 4.69) is 41.3 Å². The fourth-order valence-corrected chi connectivity index (χ4v) is 2.59. The second-order valence-electron chi connectivity index (χ2n) is 5.68. The summed E-state index contributed by atoms with van der Waals surface area (Å²) in [6, 6.07) is 2.92. The van der Waals surface area contributed by atoms with Crippen LogP contribution in [0.15, 0.2) is 23.2 Å². The summed E-state index contributed by atoms with van der Waals surface area (Å²) in [6.07, 6.45) is -4.60. The van der Waals surface area contributed by atoms with Crippen molar-refractivity contribution in [3.63, 3.8) is 0 Å². The Morgan fingerprint density at radius 2 is 1.81 bits per heavy atom. The molecule has 0 aliphatic rings. The first-order valence-corrected chi connectivity index (χ1v) is 8.27. The van der Waals surface area contributed by atoms with Crippen molar-refractivity contribution in [2.75, 3.05) is 26.7 Å². The summed E-state index contributed by atoms with van der Waals surface area (Å²) in [4.78, 5) is 6.27. The van der Waals surface area contributed by atoms with Crippen molar-refractivity contribution < 1.29 is 17.6 Å². The van der Waals surface area contributed by atoms with Crippen LogP contribution in [0.1, 0.15) is 31.9 Å². The summed E-state index contributed by atoms with van der Waals surface area (Å²) in [7, 11) is 1.55. The number of likely N-dealkylation sites (N-methyl/N-ethyl adjacent to an activating group) is 1. The first-order chi connectivity index (χ1) is 11.7. The van der Waals surface area contributed by atoms with Crippen molar-refractivity contribution >= 4 is 29.9 Å². The molecule has 150 valence electrons. The van der Waals surface area contributed by atoms with Crippen LogP contribution in [0.25, 0.3) is 0 Å². The molecule has 0 aromatic heterocycles. The molecule has 26 heavy (non-hydrogen) atoms. The van der Waals surface area contributed by atoms with Crippen LogP contribution >= 0.6 is 24.0 Å². The quantitative estimate of drug-likeness (QED) is 0.264. The van der Waals surface area contributed by atoms with Crippen LogP contribution in [0, 0.1) is 5.82 Å². The Morgan fingerprint density at radius 3 is 2.31 bits per heavy atom. The van der Waals surface area contributed by atoms with E-state index in [-0.39, 0.29) is 42.1 Å². The monoisotopic (exact) mass is 490 g/mol. The highest BCUT2D eigenvalue weighted by Crippen LogP contribution is 2.32. The third-order valence-corrected chi connectivity index (χ3v) is 4.05. The number of hydrogen-bond donors (Lipinski definition) is 2. The summed E-state index contributed by atoms with van der Waals surface area (Å²) < 4.78 is 52.2. The summed E-state index contributed by atoms with van der Waals surface area (Å²) in [5, 5.41) is 5.95. The van der Waals surface area contributed by atoms with Gasteiger partial charge in [-0.3, -0.25) is 9.89 Å². The molecule has 0 amide bonds. The number of alkyl halides is 3. The molecule has 0 fully saturated rings. The predicted molar refractivity (Wildman–Crippen MR) is 107 cm³/mol. The average molecular weight is 490 g/mol. The SMILES string of the molecule is CCN(CC)C(C)CNC(=NC)NCc1ccc(F)cc1C(F)(F)F.I. The van der Waals surface area contributed by atoms with Gasteiger partial charge in [0.1, 0.15) is 5.82 Å². The second-order valence-corrected chi connectivity index (χ2v) is 5.68. The van der Waals surface area contributed by atoms with Gasteiger partial charge in [0, 0.05) is 26.2 Å². The van der Waals surface area contributed by atoms with Crippen LogP contribution in [0.2, 0.25) is 0 Å². The molecule has 1 aromatic carbocycles. The Bertz CT molecular complexity index is 574. The summed E-state index contributed by atoms with van der Waals surface area (Å²) >= 11 is 0. The Kier molecular flexibility index (Phi) is 11.1. The summed E-state index contributed by atoms with van der Waals surface area (Å²) in [5.41, 5.74) is -1.01. The molecule has 1 atom stereocenters. The van der Waals surface area contributed by atoms with Gasteiger partial charge < -0.3 is 10.6 Å². The molecule has 1 aromatic rings. The normalized spacial score (nSPS) is 13.3. The number of guanidine groups is 1. The average Bonchev–Trinajstić information content (AvgIpc) is 2.56. The van der Waals surface area contributed by atoms with Crippen LogP contribution in [-0.4, -0.2) is 43.6 Å². The van der Waals surface area contributed by atoms with Gasteiger partial charge in [0.25, 0.3) is 0 Å². The smallest absolute Gasteiger partial charge is 0.355 e. The van der Waals surface area contributed by atoms with E-state index in [0.29, 0.717) is 18.6 Å². The van der Waals surface area contributed by atoms with Crippen molar-refractivity contribution in [2.45, 2.75) is 39.5 Å². The van der Waals surface area contributed by atoms with Crippen molar-refractivity contribution in [3.05, 3.63) is 35.1 Å². The highest BCUT2D eigenvalue weighted by molar-refractivity contribution is 14.0. The zero-order valence-corrected chi connectivity index (χ0v) is 17.8. The standard InChI is InChI=1S/C17H26F4N4.HI/c1-5-25(6-2)12(3)10-23-16(22-4)24-11-13-7-8-14(18)9-15(13)17(19,20)21;/h7-9,12H,5-6,10-11H2,1-4H3,(H2,22,23,24);1H. The number of hydrogen-bond acceptors (Lipinski definition) is 2. The molecule has 1 rings (SSSR count). The Balaban J connectivity index is 0.00000625. The Labute approximate surface area is 169 Å².